The molecule has 0 saturated carbocycles. The molecule has 2 unspecified atom stereocenters. The van der Waals surface area contributed by atoms with Gasteiger partial charge in [-0.2, -0.15) is 0 Å². The van der Waals surface area contributed by atoms with Gasteiger partial charge >= 0.3 is 0 Å². The predicted molar refractivity (Wildman–Crippen MR) is 54.7 cm³/mol. The van der Waals surface area contributed by atoms with Gasteiger partial charge in [0.1, 0.15) is 5.78 Å². The van der Waals surface area contributed by atoms with E-state index in [0.717, 1.165) is 0 Å². The minimum absolute atomic E-state index is 0.421. The molecule has 0 aromatic heterocycles. The van der Waals surface area contributed by atoms with E-state index in [1.165, 1.54) is 14.0 Å². The summed E-state index contributed by atoms with van der Waals surface area (Å²) in [5, 5.41) is 25.5. The molecule has 0 aromatic carbocycles. The number of rotatable bonds is 8. The van der Waals surface area contributed by atoms with E-state index in [2.05, 4.69) is 5.32 Å². The lowest BCUT2D eigenvalue weighted by atomic mass is 10.1. The van der Waals surface area contributed by atoms with Crippen molar-refractivity contribution in [3.63, 3.8) is 0 Å². The van der Waals surface area contributed by atoms with E-state index in [1.807, 2.05) is 5.32 Å². The lowest BCUT2D eigenvalue weighted by molar-refractivity contribution is -0.308. The Kier molecular flexibility index (Phi) is 6.58. The third kappa shape index (κ3) is 5.94. The van der Waals surface area contributed by atoms with Crippen LogP contribution in [0.2, 0.25) is 0 Å². The van der Waals surface area contributed by atoms with E-state index in [1.54, 1.807) is 0 Å². The van der Waals surface area contributed by atoms with Crippen molar-refractivity contribution in [2.24, 2.45) is 0 Å². The second-order valence-corrected chi connectivity index (χ2v) is 3.70. The van der Waals surface area contributed by atoms with Crippen molar-refractivity contribution in [3.8, 4) is 0 Å². The standard InChI is InChI=1S/C10H16N2O6/c1-5(13)3-7(10(17)18)12-9(16)6(11-2)4-8(14)15/h6-7,11H,3-4H2,1-2H3,(H,12,16)(H,14,15)(H,17,18)/p-2. The van der Waals surface area contributed by atoms with Crippen molar-refractivity contribution in [2.75, 3.05) is 7.05 Å². The summed E-state index contributed by atoms with van der Waals surface area (Å²) in [6.45, 7) is 1.17. The van der Waals surface area contributed by atoms with E-state index < -0.39 is 48.6 Å². The number of carbonyl (C=O) groups excluding carboxylic acids is 4. The van der Waals surface area contributed by atoms with E-state index >= 15 is 0 Å². The van der Waals surface area contributed by atoms with Crippen LogP contribution in [-0.4, -0.2) is 42.8 Å². The number of Topliss-reactive ketones (excluding diaryl/α,β-unsaturated/α-hetero) is 1. The third-order valence-electron chi connectivity index (χ3n) is 2.13. The van der Waals surface area contributed by atoms with Crippen LogP contribution >= 0.6 is 0 Å². The van der Waals surface area contributed by atoms with Gasteiger partial charge in [0.05, 0.1) is 18.1 Å². The molecule has 8 heteroatoms. The second kappa shape index (κ2) is 7.38. The molecule has 0 aliphatic carbocycles. The van der Waals surface area contributed by atoms with E-state index in [4.69, 9.17) is 0 Å². The molecule has 0 radical (unpaired) electrons. The first kappa shape index (κ1) is 16.0. The molecule has 18 heavy (non-hydrogen) atoms. The Labute approximate surface area is 103 Å². The first-order valence-corrected chi connectivity index (χ1v) is 5.15. The molecule has 0 aromatic rings. The van der Waals surface area contributed by atoms with Gasteiger partial charge in [-0.3, -0.25) is 9.59 Å². The van der Waals surface area contributed by atoms with Crippen LogP contribution in [0.15, 0.2) is 0 Å². The molecule has 8 nitrogen and oxygen atoms in total. The number of ketones is 1. The van der Waals surface area contributed by atoms with Gasteiger partial charge in [-0.1, -0.05) is 0 Å². The molecule has 0 fully saturated rings. The zero-order chi connectivity index (χ0) is 14.3. The van der Waals surface area contributed by atoms with Crippen molar-refractivity contribution in [2.45, 2.75) is 31.8 Å². The highest BCUT2D eigenvalue weighted by molar-refractivity contribution is 5.91. The molecular formula is C10H14N2O6-2. The summed E-state index contributed by atoms with van der Waals surface area (Å²) in [4.78, 5) is 43.4. The Hall–Kier alpha value is -1.96. The van der Waals surface area contributed by atoms with Gasteiger partial charge in [0.2, 0.25) is 5.91 Å². The van der Waals surface area contributed by atoms with E-state index in [0.29, 0.717) is 0 Å². The maximum atomic E-state index is 11.5. The fourth-order valence-corrected chi connectivity index (χ4v) is 1.25. The van der Waals surface area contributed by atoms with Gasteiger partial charge in [0.15, 0.2) is 0 Å². The van der Waals surface area contributed by atoms with Crippen LogP contribution in [0.1, 0.15) is 19.8 Å². The van der Waals surface area contributed by atoms with Crippen molar-refractivity contribution < 1.29 is 29.4 Å². The average molecular weight is 258 g/mol. The molecule has 0 spiro atoms. The predicted octanol–water partition coefficient (Wildman–Crippen LogP) is -4.07. The topological polar surface area (TPSA) is 138 Å². The molecule has 102 valence electrons. The van der Waals surface area contributed by atoms with Crippen molar-refractivity contribution in [1.29, 1.82) is 0 Å². The maximum absolute atomic E-state index is 11.5. The minimum Gasteiger partial charge on any atom is -0.550 e. The summed E-state index contributed by atoms with van der Waals surface area (Å²) in [5.41, 5.74) is 0. The average Bonchev–Trinajstić information content (AvgIpc) is 2.23. The van der Waals surface area contributed by atoms with Crippen LogP contribution in [0.5, 0.6) is 0 Å². The summed E-state index contributed by atoms with van der Waals surface area (Å²) < 4.78 is 0. The summed E-state index contributed by atoms with van der Waals surface area (Å²) in [5.74, 6) is -4.36. The summed E-state index contributed by atoms with van der Waals surface area (Å²) in [7, 11) is 1.34. The Bertz CT molecular complexity index is 354. The van der Waals surface area contributed by atoms with Crippen molar-refractivity contribution >= 4 is 23.6 Å². The van der Waals surface area contributed by atoms with Gasteiger partial charge in [0.25, 0.3) is 0 Å². The quantitative estimate of drug-likeness (QED) is 0.451. The molecule has 0 aliphatic heterocycles. The zero-order valence-corrected chi connectivity index (χ0v) is 10.0. The van der Waals surface area contributed by atoms with Crippen LogP contribution in [0.4, 0.5) is 0 Å². The normalized spacial score (nSPS) is 13.4. The number of carboxylic acids is 2. The van der Waals surface area contributed by atoms with Crippen LogP contribution < -0.4 is 20.8 Å². The van der Waals surface area contributed by atoms with Gasteiger partial charge in [-0.25, -0.2) is 0 Å². The van der Waals surface area contributed by atoms with Gasteiger partial charge in [-0.05, 0) is 14.0 Å². The number of carbonyl (C=O) groups is 4. The van der Waals surface area contributed by atoms with Crippen LogP contribution in [0.25, 0.3) is 0 Å². The molecule has 0 aliphatic rings. The summed E-state index contributed by atoms with van der Waals surface area (Å²) in [6.07, 6.45) is -1.03. The minimum atomic E-state index is -1.61. The molecule has 2 atom stereocenters. The number of nitrogens with one attached hydrogen (secondary N) is 2. The highest BCUT2D eigenvalue weighted by Crippen LogP contribution is 1.96. The molecule has 0 heterocycles. The largest absolute Gasteiger partial charge is 0.550 e. The van der Waals surface area contributed by atoms with E-state index in [9.17, 15) is 29.4 Å². The highest BCUT2D eigenvalue weighted by atomic mass is 16.4. The van der Waals surface area contributed by atoms with Crippen LogP contribution in [-0.2, 0) is 19.2 Å². The molecule has 0 bridgehead atoms. The monoisotopic (exact) mass is 258 g/mol. The second-order valence-electron chi connectivity index (χ2n) is 3.70. The lowest BCUT2D eigenvalue weighted by Crippen LogP contribution is -2.54. The number of likely N-dealkylation sites (N-methyl/N-ethyl adjacent to an activating group) is 1. The number of aliphatic carboxylic acids is 2. The van der Waals surface area contributed by atoms with Gasteiger partial charge in [0, 0.05) is 18.8 Å². The first-order valence-electron chi connectivity index (χ1n) is 5.15. The Balaban J connectivity index is 4.60. The molecule has 0 rings (SSSR count). The van der Waals surface area contributed by atoms with Crippen molar-refractivity contribution in [3.05, 3.63) is 0 Å². The molecule has 1 amide bonds. The number of carboxylic acid groups (broad SMARTS) is 2. The SMILES string of the molecule is CNC(CC(=O)[O-])C(=O)NC(CC(C)=O)C(=O)[O-]. The first-order chi connectivity index (χ1) is 8.27. The van der Waals surface area contributed by atoms with Gasteiger partial charge < -0.3 is 30.4 Å². The molecule has 2 N–H and O–H groups in total. The number of amides is 1. The summed E-state index contributed by atoms with van der Waals surface area (Å²) >= 11 is 0. The maximum Gasteiger partial charge on any atom is 0.238 e. The molecule has 0 saturated heterocycles. The lowest BCUT2D eigenvalue weighted by Gasteiger charge is -2.22. The van der Waals surface area contributed by atoms with Crippen molar-refractivity contribution in [1.82, 2.24) is 10.6 Å². The highest BCUT2D eigenvalue weighted by Gasteiger charge is 2.21. The zero-order valence-electron chi connectivity index (χ0n) is 10.0. The van der Waals surface area contributed by atoms with Crippen LogP contribution in [0, 0.1) is 0 Å². The Morgan fingerprint density at radius 2 is 1.61 bits per heavy atom. The number of hydrogen-bond donors (Lipinski definition) is 2. The molecular weight excluding hydrogens is 244 g/mol. The van der Waals surface area contributed by atoms with Crippen LogP contribution in [0.3, 0.4) is 0 Å². The fourth-order valence-electron chi connectivity index (χ4n) is 1.25. The summed E-state index contributed by atoms with van der Waals surface area (Å²) in [6, 6.07) is -2.61. The number of hydrogen-bond acceptors (Lipinski definition) is 7. The fraction of sp³-hybridized carbons (Fsp3) is 0.600. The smallest absolute Gasteiger partial charge is 0.238 e. The Morgan fingerprint density at radius 1 is 1.06 bits per heavy atom. The Morgan fingerprint density at radius 3 is 1.94 bits per heavy atom. The third-order valence-corrected chi connectivity index (χ3v) is 2.13. The van der Waals surface area contributed by atoms with Gasteiger partial charge in [-0.15, -0.1) is 0 Å². The van der Waals surface area contributed by atoms with E-state index in [-0.39, 0.29) is 0 Å².